The fraction of sp³-hybridized carbons (Fsp3) is 0. The van der Waals surface area contributed by atoms with Crippen molar-refractivity contribution in [1.29, 1.82) is 0 Å². The SMILES string of the molecule is O=S(=O)(Nc1c(Cl)c(Cl)c(NS(=O)(=O)c2ccccc2)c(Cl)c1Cl)c1ccccc1. The van der Waals surface area contributed by atoms with E-state index in [4.69, 9.17) is 46.4 Å². The highest BCUT2D eigenvalue weighted by molar-refractivity contribution is 7.93. The fourth-order valence-corrected chi connectivity index (χ4v) is 5.87. The van der Waals surface area contributed by atoms with E-state index < -0.39 is 20.0 Å². The zero-order chi connectivity index (χ0) is 22.1. The van der Waals surface area contributed by atoms with Gasteiger partial charge >= 0.3 is 0 Å². The molecule has 0 atom stereocenters. The Morgan fingerprint density at radius 3 is 1.03 bits per heavy atom. The van der Waals surface area contributed by atoms with Gasteiger partial charge in [-0.3, -0.25) is 9.44 Å². The Morgan fingerprint density at radius 2 is 0.767 bits per heavy atom. The van der Waals surface area contributed by atoms with Crippen molar-refractivity contribution >= 4 is 77.8 Å². The lowest BCUT2D eigenvalue weighted by molar-refractivity contribution is 0.599. The predicted octanol–water partition coefficient (Wildman–Crippen LogP) is 5.90. The first-order chi connectivity index (χ1) is 14.0. The van der Waals surface area contributed by atoms with Crippen molar-refractivity contribution in [3.05, 3.63) is 80.8 Å². The topological polar surface area (TPSA) is 92.3 Å². The molecule has 0 spiro atoms. The van der Waals surface area contributed by atoms with Crippen LogP contribution in [-0.2, 0) is 20.0 Å². The Labute approximate surface area is 193 Å². The summed E-state index contributed by atoms with van der Waals surface area (Å²) in [6.07, 6.45) is 0. The van der Waals surface area contributed by atoms with Crippen molar-refractivity contribution in [2.24, 2.45) is 0 Å². The van der Waals surface area contributed by atoms with Crippen molar-refractivity contribution in [1.82, 2.24) is 0 Å². The minimum absolute atomic E-state index is 0.0433. The van der Waals surface area contributed by atoms with Gasteiger partial charge in [-0.2, -0.15) is 0 Å². The first-order valence-corrected chi connectivity index (χ1v) is 12.5. The summed E-state index contributed by atoms with van der Waals surface area (Å²) in [5, 5.41) is -1.29. The number of hydrogen-bond donors (Lipinski definition) is 2. The van der Waals surface area contributed by atoms with Crippen LogP contribution in [0.5, 0.6) is 0 Å². The second-order valence-electron chi connectivity index (χ2n) is 5.84. The van der Waals surface area contributed by atoms with Crippen molar-refractivity contribution in [3.8, 4) is 0 Å². The van der Waals surface area contributed by atoms with Crippen LogP contribution in [-0.4, -0.2) is 16.8 Å². The molecule has 0 aromatic heterocycles. The van der Waals surface area contributed by atoms with Crippen LogP contribution in [0.25, 0.3) is 0 Å². The number of rotatable bonds is 6. The van der Waals surface area contributed by atoms with Crippen LogP contribution < -0.4 is 9.44 Å². The monoisotopic (exact) mass is 524 g/mol. The average molecular weight is 526 g/mol. The largest absolute Gasteiger partial charge is 0.276 e. The van der Waals surface area contributed by atoms with Gasteiger partial charge in [-0.1, -0.05) is 82.8 Å². The minimum atomic E-state index is -4.06. The molecule has 0 radical (unpaired) electrons. The minimum Gasteiger partial charge on any atom is -0.276 e. The summed E-state index contributed by atoms with van der Waals surface area (Å²) >= 11 is 24.8. The summed E-state index contributed by atoms with van der Waals surface area (Å²) in [5.74, 6) is 0. The number of hydrogen-bond acceptors (Lipinski definition) is 4. The molecule has 0 saturated heterocycles. The Bertz CT molecular complexity index is 1170. The summed E-state index contributed by atoms with van der Waals surface area (Å²) in [6.45, 7) is 0. The molecule has 6 nitrogen and oxygen atoms in total. The fourth-order valence-electron chi connectivity index (χ4n) is 2.40. The third-order valence-electron chi connectivity index (χ3n) is 3.84. The maximum atomic E-state index is 12.6. The van der Waals surface area contributed by atoms with E-state index >= 15 is 0 Å². The van der Waals surface area contributed by atoms with Crippen LogP contribution in [0.1, 0.15) is 0 Å². The van der Waals surface area contributed by atoms with E-state index in [1.807, 2.05) is 0 Å². The number of anilines is 2. The van der Waals surface area contributed by atoms with Crippen molar-refractivity contribution in [2.75, 3.05) is 9.44 Å². The Balaban J connectivity index is 2.05. The van der Waals surface area contributed by atoms with Gasteiger partial charge in [0.05, 0.1) is 41.3 Å². The summed E-state index contributed by atoms with van der Waals surface area (Å²) < 4.78 is 54.9. The summed E-state index contributed by atoms with van der Waals surface area (Å²) in [4.78, 5) is -0.0866. The zero-order valence-corrected chi connectivity index (χ0v) is 19.4. The summed E-state index contributed by atoms with van der Waals surface area (Å²) in [5.41, 5.74) is -0.556. The highest BCUT2D eigenvalue weighted by atomic mass is 35.5. The van der Waals surface area contributed by atoms with Gasteiger partial charge in [0.15, 0.2) is 0 Å². The van der Waals surface area contributed by atoms with E-state index in [9.17, 15) is 16.8 Å². The molecular formula is C18H12Cl4N2O4S2. The molecule has 3 rings (SSSR count). The molecule has 0 amide bonds. The highest BCUT2D eigenvalue weighted by Gasteiger charge is 2.27. The lowest BCUT2D eigenvalue weighted by Gasteiger charge is -2.18. The number of halogens is 4. The number of nitrogens with one attached hydrogen (secondary N) is 2. The third kappa shape index (κ3) is 4.64. The molecule has 30 heavy (non-hydrogen) atoms. The molecular weight excluding hydrogens is 514 g/mol. The van der Waals surface area contributed by atoms with Crippen LogP contribution in [0.2, 0.25) is 20.1 Å². The van der Waals surface area contributed by atoms with Gasteiger partial charge in [-0.25, -0.2) is 16.8 Å². The van der Waals surface area contributed by atoms with Gasteiger partial charge in [-0.05, 0) is 24.3 Å². The number of sulfonamides is 2. The molecule has 0 aliphatic heterocycles. The normalized spacial score (nSPS) is 11.9. The summed E-state index contributed by atoms with van der Waals surface area (Å²) in [6, 6.07) is 15.0. The second-order valence-corrected chi connectivity index (χ2v) is 10.7. The van der Waals surface area contributed by atoms with Crippen molar-refractivity contribution in [3.63, 3.8) is 0 Å². The molecule has 158 valence electrons. The molecule has 3 aromatic carbocycles. The molecule has 0 heterocycles. The molecule has 0 saturated carbocycles. The molecule has 0 bridgehead atoms. The molecule has 3 aromatic rings. The van der Waals surface area contributed by atoms with Gasteiger partial charge < -0.3 is 0 Å². The lowest BCUT2D eigenvalue weighted by Crippen LogP contribution is -2.16. The van der Waals surface area contributed by atoms with Crippen LogP contribution in [0.3, 0.4) is 0 Å². The molecule has 12 heteroatoms. The van der Waals surface area contributed by atoms with Crippen LogP contribution >= 0.6 is 46.4 Å². The quantitative estimate of drug-likeness (QED) is 0.392. The second kappa shape index (κ2) is 8.82. The molecule has 0 aliphatic carbocycles. The summed E-state index contributed by atoms with van der Waals surface area (Å²) in [7, 11) is -8.12. The van der Waals surface area contributed by atoms with Crippen molar-refractivity contribution < 1.29 is 16.8 Å². The van der Waals surface area contributed by atoms with Crippen molar-refractivity contribution in [2.45, 2.75) is 9.79 Å². The van der Waals surface area contributed by atoms with Gasteiger partial charge in [0.1, 0.15) is 0 Å². The van der Waals surface area contributed by atoms with Crippen LogP contribution in [0.4, 0.5) is 11.4 Å². The first kappa shape index (κ1) is 23.0. The zero-order valence-electron chi connectivity index (χ0n) is 14.7. The van der Waals surface area contributed by atoms with Gasteiger partial charge in [0.25, 0.3) is 20.0 Å². The Morgan fingerprint density at radius 1 is 0.500 bits per heavy atom. The Kier molecular flexibility index (Phi) is 6.76. The van der Waals surface area contributed by atoms with E-state index in [1.54, 1.807) is 36.4 Å². The lowest BCUT2D eigenvalue weighted by atomic mass is 10.3. The van der Waals surface area contributed by atoms with Crippen LogP contribution in [0, 0.1) is 0 Å². The van der Waals surface area contributed by atoms with E-state index in [0.717, 1.165) is 0 Å². The van der Waals surface area contributed by atoms with Crippen LogP contribution in [0.15, 0.2) is 70.5 Å². The smallest absolute Gasteiger partial charge is 0.261 e. The van der Waals surface area contributed by atoms with Gasteiger partial charge in [0, 0.05) is 0 Å². The molecule has 0 unspecified atom stereocenters. The number of benzene rings is 3. The third-order valence-corrected chi connectivity index (χ3v) is 8.28. The Hall–Kier alpha value is -1.68. The van der Waals surface area contributed by atoms with E-state index in [-0.39, 0.29) is 41.3 Å². The van der Waals surface area contributed by atoms with Gasteiger partial charge in [0.2, 0.25) is 0 Å². The highest BCUT2D eigenvalue weighted by Crippen LogP contribution is 2.48. The molecule has 2 N–H and O–H groups in total. The maximum absolute atomic E-state index is 12.6. The van der Waals surface area contributed by atoms with Gasteiger partial charge in [-0.15, -0.1) is 0 Å². The molecule has 0 fully saturated rings. The molecule has 0 aliphatic rings. The predicted molar refractivity (Wildman–Crippen MR) is 121 cm³/mol. The average Bonchev–Trinajstić information content (AvgIpc) is 2.74. The van der Waals surface area contributed by atoms with E-state index in [2.05, 4.69) is 9.44 Å². The standard InChI is InChI=1S/C18H12Cl4N2O4S2/c19-13-15(21)18(24-30(27,28)12-9-5-2-6-10-12)16(22)14(20)17(13)23-29(25,26)11-7-3-1-4-8-11/h1-10,23-24H. The van der Waals surface area contributed by atoms with E-state index in [0.29, 0.717) is 0 Å². The maximum Gasteiger partial charge on any atom is 0.261 e. The van der Waals surface area contributed by atoms with E-state index in [1.165, 1.54) is 24.3 Å². The first-order valence-electron chi connectivity index (χ1n) is 8.06.